The first-order valence-electron chi connectivity index (χ1n) is 6.92. The van der Waals surface area contributed by atoms with E-state index in [0.717, 1.165) is 5.56 Å². The van der Waals surface area contributed by atoms with Crippen molar-refractivity contribution in [2.75, 3.05) is 5.32 Å². The van der Waals surface area contributed by atoms with E-state index in [4.69, 9.17) is 0 Å². The molecule has 0 fully saturated rings. The summed E-state index contributed by atoms with van der Waals surface area (Å²) in [5.41, 5.74) is 2.46. The van der Waals surface area contributed by atoms with Crippen LogP contribution in [-0.4, -0.2) is 15.3 Å². The predicted molar refractivity (Wildman–Crippen MR) is 85.3 cm³/mol. The molecule has 1 amide bonds. The van der Waals surface area contributed by atoms with Gasteiger partial charge in [0.05, 0.1) is 5.69 Å². The van der Waals surface area contributed by atoms with Gasteiger partial charge in [0.1, 0.15) is 11.3 Å². The minimum atomic E-state index is -0.318. The van der Waals surface area contributed by atoms with Crippen molar-refractivity contribution in [3.05, 3.63) is 75.8 Å². The number of amides is 1. The number of aromatic nitrogens is 2. The molecule has 0 radical (unpaired) electrons. The number of carbonyl (C=O) groups is 1. The van der Waals surface area contributed by atoms with Gasteiger partial charge in [-0.1, -0.05) is 23.8 Å². The minimum Gasteiger partial charge on any atom is -0.316 e. The van der Waals surface area contributed by atoms with E-state index in [0.29, 0.717) is 16.9 Å². The maximum atomic E-state index is 12.5. The number of nitrogens with one attached hydrogen (secondary N) is 1. The van der Waals surface area contributed by atoms with E-state index >= 15 is 0 Å². The number of hydrogen-bond donors (Lipinski definition) is 1. The van der Waals surface area contributed by atoms with Crippen LogP contribution in [0.25, 0.3) is 5.65 Å². The van der Waals surface area contributed by atoms with Crippen LogP contribution in [0.2, 0.25) is 0 Å². The van der Waals surface area contributed by atoms with Crippen molar-refractivity contribution < 1.29 is 4.79 Å². The van der Waals surface area contributed by atoms with Crippen molar-refractivity contribution in [1.82, 2.24) is 9.38 Å². The molecule has 0 atom stereocenters. The van der Waals surface area contributed by atoms with Crippen LogP contribution in [0.5, 0.6) is 0 Å². The number of hydrogen-bond acceptors (Lipinski definition) is 3. The van der Waals surface area contributed by atoms with Gasteiger partial charge < -0.3 is 5.32 Å². The Morgan fingerprint density at radius 3 is 2.73 bits per heavy atom. The first kappa shape index (κ1) is 14.0. The summed E-state index contributed by atoms with van der Waals surface area (Å²) >= 11 is 0. The topological polar surface area (TPSA) is 63.5 Å². The zero-order valence-corrected chi connectivity index (χ0v) is 12.3. The Labute approximate surface area is 127 Å². The average Bonchev–Trinajstić information content (AvgIpc) is 2.51. The number of nitrogens with zero attached hydrogens (tertiary/aromatic N) is 2. The van der Waals surface area contributed by atoms with Gasteiger partial charge in [0.15, 0.2) is 0 Å². The van der Waals surface area contributed by atoms with E-state index in [2.05, 4.69) is 10.3 Å². The monoisotopic (exact) mass is 293 g/mol. The Morgan fingerprint density at radius 1 is 1.14 bits per heavy atom. The Kier molecular flexibility index (Phi) is 3.47. The van der Waals surface area contributed by atoms with Crippen LogP contribution < -0.4 is 10.9 Å². The number of rotatable bonds is 2. The average molecular weight is 293 g/mol. The number of fused-ring (bicyclic) bond motifs is 1. The molecule has 3 rings (SSSR count). The standard InChI is InChI=1S/C17H15N3O2/c1-11-6-5-7-13(10-11)16(21)19-15-12(2)18-14-8-3-4-9-20(14)17(15)22/h3-10H,1-2H3,(H,19,21). The molecule has 0 aliphatic heterocycles. The van der Waals surface area contributed by atoms with Crippen LogP contribution in [0.3, 0.4) is 0 Å². The van der Waals surface area contributed by atoms with Crippen LogP contribution in [-0.2, 0) is 0 Å². The molecule has 2 aromatic heterocycles. The lowest BCUT2D eigenvalue weighted by Crippen LogP contribution is -2.24. The maximum Gasteiger partial charge on any atom is 0.281 e. The number of carbonyl (C=O) groups excluding carboxylic acids is 1. The van der Waals surface area contributed by atoms with E-state index in [-0.39, 0.29) is 17.2 Å². The fraction of sp³-hybridized carbons (Fsp3) is 0.118. The fourth-order valence-electron chi connectivity index (χ4n) is 2.32. The predicted octanol–water partition coefficient (Wildman–Crippen LogP) is 2.56. The second kappa shape index (κ2) is 5.44. The minimum absolute atomic E-state index is 0.204. The Hall–Kier alpha value is -2.95. The molecule has 0 bridgehead atoms. The third-order valence-corrected chi connectivity index (χ3v) is 3.43. The second-order valence-corrected chi connectivity index (χ2v) is 5.13. The highest BCUT2D eigenvalue weighted by atomic mass is 16.2. The molecule has 0 aliphatic carbocycles. The molecule has 1 N–H and O–H groups in total. The van der Waals surface area contributed by atoms with Crippen LogP contribution in [0.15, 0.2) is 53.5 Å². The van der Waals surface area contributed by atoms with E-state index < -0.39 is 0 Å². The van der Waals surface area contributed by atoms with Gasteiger partial charge in [0.2, 0.25) is 0 Å². The van der Waals surface area contributed by atoms with Gasteiger partial charge in [-0.15, -0.1) is 0 Å². The number of pyridine rings is 1. The SMILES string of the molecule is Cc1cccc(C(=O)Nc2c(C)nc3ccccn3c2=O)c1. The third-order valence-electron chi connectivity index (χ3n) is 3.43. The Morgan fingerprint density at radius 2 is 1.95 bits per heavy atom. The molecular weight excluding hydrogens is 278 g/mol. The van der Waals surface area contributed by atoms with Crippen molar-refractivity contribution >= 4 is 17.2 Å². The highest BCUT2D eigenvalue weighted by molar-refractivity contribution is 6.04. The zero-order valence-electron chi connectivity index (χ0n) is 12.3. The van der Waals surface area contributed by atoms with Crippen LogP contribution >= 0.6 is 0 Å². The van der Waals surface area contributed by atoms with Crippen LogP contribution in [0, 0.1) is 13.8 Å². The largest absolute Gasteiger partial charge is 0.316 e. The molecule has 0 saturated heterocycles. The maximum absolute atomic E-state index is 12.5. The quantitative estimate of drug-likeness (QED) is 0.790. The van der Waals surface area contributed by atoms with Crippen LogP contribution in [0.1, 0.15) is 21.6 Å². The summed E-state index contributed by atoms with van der Waals surface area (Å²) in [4.78, 5) is 29.2. The first-order chi connectivity index (χ1) is 10.6. The molecule has 1 aromatic carbocycles. The summed E-state index contributed by atoms with van der Waals surface area (Å²) < 4.78 is 1.42. The summed E-state index contributed by atoms with van der Waals surface area (Å²) in [5.74, 6) is -0.318. The number of benzene rings is 1. The van der Waals surface area contributed by atoms with E-state index in [1.165, 1.54) is 4.40 Å². The van der Waals surface area contributed by atoms with Gasteiger partial charge >= 0.3 is 0 Å². The van der Waals surface area contributed by atoms with Gasteiger partial charge in [-0.3, -0.25) is 14.0 Å². The zero-order chi connectivity index (χ0) is 15.7. The summed E-state index contributed by atoms with van der Waals surface area (Å²) in [6.45, 7) is 3.62. The lowest BCUT2D eigenvalue weighted by atomic mass is 10.1. The Balaban J connectivity index is 2.04. The molecule has 0 spiro atoms. The van der Waals surface area contributed by atoms with Crippen molar-refractivity contribution in [3.63, 3.8) is 0 Å². The first-order valence-corrected chi connectivity index (χ1v) is 6.92. The summed E-state index contributed by atoms with van der Waals surface area (Å²) in [5, 5.41) is 2.68. The summed E-state index contributed by atoms with van der Waals surface area (Å²) in [6, 6.07) is 12.5. The lowest BCUT2D eigenvalue weighted by Gasteiger charge is -2.09. The van der Waals surface area contributed by atoms with Gasteiger partial charge in [-0.05, 0) is 38.1 Å². The molecule has 3 aromatic rings. The van der Waals surface area contributed by atoms with Crippen LogP contribution in [0.4, 0.5) is 5.69 Å². The fourth-order valence-corrected chi connectivity index (χ4v) is 2.32. The molecule has 2 heterocycles. The molecule has 110 valence electrons. The lowest BCUT2D eigenvalue weighted by molar-refractivity contribution is 0.102. The van der Waals surface area contributed by atoms with Gasteiger partial charge in [-0.2, -0.15) is 0 Å². The molecule has 0 unspecified atom stereocenters. The third kappa shape index (κ3) is 2.48. The highest BCUT2D eigenvalue weighted by Crippen LogP contribution is 2.11. The highest BCUT2D eigenvalue weighted by Gasteiger charge is 2.13. The van der Waals surface area contributed by atoms with Gasteiger partial charge in [-0.25, -0.2) is 4.98 Å². The molecule has 0 saturated carbocycles. The second-order valence-electron chi connectivity index (χ2n) is 5.13. The Bertz CT molecular complexity index is 929. The van der Waals surface area contributed by atoms with Crippen molar-refractivity contribution in [1.29, 1.82) is 0 Å². The molecule has 5 heteroatoms. The van der Waals surface area contributed by atoms with Gasteiger partial charge in [0.25, 0.3) is 11.5 Å². The molecule has 0 aliphatic rings. The molecule has 22 heavy (non-hydrogen) atoms. The summed E-state index contributed by atoms with van der Waals surface area (Å²) in [6.07, 6.45) is 1.63. The van der Waals surface area contributed by atoms with Crippen molar-refractivity contribution in [2.24, 2.45) is 0 Å². The normalized spacial score (nSPS) is 10.6. The van der Waals surface area contributed by atoms with E-state index in [9.17, 15) is 9.59 Å². The smallest absolute Gasteiger partial charge is 0.281 e. The van der Waals surface area contributed by atoms with Crippen molar-refractivity contribution in [2.45, 2.75) is 13.8 Å². The van der Waals surface area contributed by atoms with Crippen molar-refractivity contribution in [3.8, 4) is 0 Å². The van der Waals surface area contributed by atoms with E-state index in [1.54, 1.807) is 37.4 Å². The summed E-state index contributed by atoms with van der Waals surface area (Å²) in [7, 11) is 0. The molecule has 5 nitrogen and oxygen atoms in total. The van der Waals surface area contributed by atoms with E-state index in [1.807, 2.05) is 25.1 Å². The van der Waals surface area contributed by atoms with Gasteiger partial charge in [0, 0.05) is 11.8 Å². The number of anilines is 1. The number of aryl methyl sites for hydroxylation is 2. The molecular formula is C17H15N3O2.